The zero-order valence-corrected chi connectivity index (χ0v) is 7.88. The number of halogens is 1. The van der Waals surface area contributed by atoms with Crippen molar-refractivity contribution in [1.29, 1.82) is 0 Å². The second-order valence-electron chi connectivity index (χ2n) is 3.36. The molecule has 0 N–H and O–H groups in total. The first-order valence-corrected chi connectivity index (χ1v) is 8.77. The molecule has 0 saturated heterocycles. The average Bonchev–Trinajstić information content (AvgIpc) is 0.650. The van der Waals surface area contributed by atoms with Gasteiger partial charge in [0.1, 0.15) is 0 Å². The van der Waals surface area contributed by atoms with Gasteiger partial charge in [-0.15, -0.1) is 0 Å². The van der Waals surface area contributed by atoms with Gasteiger partial charge < -0.3 is 0 Å². The van der Waals surface area contributed by atoms with Crippen molar-refractivity contribution in [1.82, 2.24) is 0 Å². The SMILES string of the molecule is CP(C)(C)(C)I. The van der Waals surface area contributed by atoms with Gasteiger partial charge >= 0.3 is 52.9 Å². The van der Waals surface area contributed by atoms with Crippen molar-refractivity contribution in [3.63, 3.8) is 0 Å². The summed E-state index contributed by atoms with van der Waals surface area (Å²) in [6, 6.07) is 0. The predicted octanol–water partition coefficient (Wildman–Crippen LogP) is 2.41. The van der Waals surface area contributed by atoms with E-state index >= 15 is 0 Å². The molecule has 0 atom stereocenters. The van der Waals surface area contributed by atoms with Crippen molar-refractivity contribution < 1.29 is 0 Å². The van der Waals surface area contributed by atoms with E-state index in [2.05, 4.69) is 48.7 Å². The standard InChI is InChI=1S/C4H12IP/c1-6(2,3,4)5/h1-4H3. The molecule has 0 aliphatic carbocycles. The molecule has 2 heteroatoms. The summed E-state index contributed by atoms with van der Waals surface area (Å²) >= 11 is 2.54. The molecule has 0 unspecified atom stereocenters. The first-order chi connectivity index (χ1) is 2.24. The molecule has 0 amide bonds. The van der Waals surface area contributed by atoms with Crippen LogP contribution in [0.5, 0.6) is 0 Å². The third-order valence-corrected chi connectivity index (χ3v) is 0. The van der Waals surface area contributed by atoms with Crippen LogP contribution >= 0.6 is 26.3 Å². The van der Waals surface area contributed by atoms with Crippen LogP contribution < -0.4 is 0 Å². The van der Waals surface area contributed by atoms with Crippen molar-refractivity contribution in [3.8, 4) is 0 Å². The molecule has 0 aromatic carbocycles. The first-order valence-electron chi connectivity index (χ1n) is 1.96. The third-order valence-electron chi connectivity index (χ3n) is 0. The van der Waals surface area contributed by atoms with E-state index in [0.29, 0.717) is 0 Å². The molecular formula is C4H12IP. The number of rotatable bonds is 0. The molecule has 0 heterocycles. The van der Waals surface area contributed by atoms with Gasteiger partial charge in [0, 0.05) is 0 Å². The van der Waals surface area contributed by atoms with Crippen LogP contribution in [0, 0.1) is 0 Å². The fourth-order valence-corrected chi connectivity index (χ4v) is 0. The summed E-state index contributed by atoms with van der Waals surface area (Å²) in [6.45, 7) is 9.30. The summed E-state index contributed by atoms with van der Waals surface area (Å²) in [5, 5.41) is 0. The fourth-order valence-electron chi connectivity index (χ4n) is 0. The Labute approximate surface area is 53.1 Å². The van der Waals surface area contributed by atoms with E-state index in [1.54, 1.807) is 0 Å². The molecule has 0 spiro atoms. The maximum absolute atomic E-state index is 2.54. The van der Waals surface area contributed by atoms with Crippen LogP contribution in [0.15, 0.2) is 0 Å². The summed E-state index contributed by atoms with van der Waals surface area (Å²) in [5.41, 5.74) is 0. The van der Waals surface area contributed by atoms with Gasteiger partial charge in [0.15, 0.2) is 0 Å². The second-order valence-corrected chi connectivity index (χ2v) is 21.7. The monoisotopic (exact) mass is 218 g/mol. The Bertz CT molecular complexity index is 40.7. The summed E-state index contributed by atoms with van der Waals surface area (Å²) in [6.07, 6.45) is 0. The topological polar surface area (TPSA) is 0 Å². The van der Waals surface area contributed by atoms with Gasteiger partial charge in [-0.1, -0.05) is 0 Å². The molecule has 0 aromatic rings. The van der Waals surface area contributed by atoms with Crippen molar-refractivity contribution in [2.45, 2.75) is 0 Å². The van der Waals surface area contributed by atoms with Crippen LogP contribution in [0.1, 0.15) is 0 Å². The molecule has 0 aliphatic heterocycles. The molecular weight excluding hydrogens is 206 g/mol. The summed E-state index contributed by atoms with van der Waals surface area (Å²) in [4.78, 5) is 0. The van der Waals surface area contributed by atoms with E-state index in [-0.39, 0.29) is 0 Å². The van der Waals surface area contributed by atoms with Gasteiger partial charge in [0.2, 0.25) is 0 Å². The van der Waals surface area contributed by atoms with Crippen molar-refractivity contribution in [3.05, 3.63) is 0 Å². The quantitative estimate of drug-likeness (QED) is 0.432. The van der Waals surface area contributed by atoms with Crippen molar-refractivity contribution in [2.75, 3.05) is 26.7 Å². The van der Waals surface area contributed by atoms with Gasteiger partial charge in [0.05, 0.1) is 0 Å². The number of hydrogen-bond acceptors (Lipinski definition) is 0. The third kappa shape index (κ3) is 66.4. The van der Waals surface area contributed by atoms with Gasteiger partial charge in [-0.3, -0.25) is 0 Å². The number of hydrogen-bond donors (Lipinski definition) is 0. The Morgan fingerprint density at radius 2 is 1.00 bits per heavy atom. The van der Waals surface area contributed by atoms with Crippen LogP contribution in [0.2, 0.25) is 0 Å². The minimum atomic E-state index is -1.08. The van der Waals surface area contributed by atoms with Crippen LogP contribution in [-0.4, -0.2) is 26.7 Å². The zero-order chi connectivity index (χ0) is 5.45. The maximum atomic E-state index is 2.54. The van der Waals surface area contributed by atoms with E-state index < -0.39 is 4.25 Å². The Balaban J connectivity index is 3.73. The summed E-state index contributed by atoms with van der Waals surface area (Å²) < 4.78 is -1.08. The molecule has 0 aromatic heterocycles. The Morgan fingerprint density at radius 3 is 1.00 bits per heavy atom. The Morgan fingerprint density at radius 1 is 1.00 bits per heavy atom. The van der Waals surface area contributed by atoms with Gasteiger partial charge in [-0.25, -0.2) is 0 Å². The van der Waals surface area contributed by atoms with Gasteiger partial charge in [-0.2, -0.15) is 0 Å². The molecule has 0 aliphatic rings. The average molecular weight is 218 g/mol. The Kier molecular flexibility index (Phi) is 1.57. The fraction of sp³-hybridized carbons (Fsp3) is 1.00. The molecule has 0 saturated carbocycles. The molecule has 0 radical (unpaired) electrons. The molecule has 0 bridgehead atoms. The second kappa shape index (κ2) is 1.32. The van der Waals surface area contributed by atoms with E-state index in [0.717, 1.165) is 0 Å². The molecule has 6 heavy (non-hydrogen) atoms. The van der Waals surface area contributed by atoms with E-state index in [4.69, 9.17) is 0 Å². The summed E-state index contributed by atoms with van der Waals surface area (Å²) in [7, 11) is 0. The summed E-state index contributed by atoms with van der Waals surface area (Å²) in [5.74, 6) is 0. The van der Waals surface area contributed by atoms with E-state index in [9.17, 15) is 0 Å². The predicted molar refractivity (Wildman–Crippen MR) is 44.6 cm³/mol. The molecule has 0 fully saturated rings. The first kappa shape index (κ1) is 7.16. The van der Waals surface area contributed by atoms with Crippen molar-refractivity contribution >= 4 is 26.3 Å². The van der Waals surface area contributed by atoms with Crippen LogP contribution in [-0.2, 0) is 0 Å². The van der Waals surface area contributed by atoms with Crippen LogP contribution in [0.4, 0.5) is 0 Å². The normalized spacial score (nSPS) is 19.2. The van der Waals surface area contributed by atoms with Crippen LogP contribution in [0.25, 0.3) is 0 Å². The zero-order valence-electron chi connectivity index (χ0n) is 4.83. The van der Waals surface area contributed by atoms with E-state index in [1.165, 1.54) is 0 Å². The Hall–Kier alpha value is 1.16. The molecule has 0 rings (SSSR count). The molecule has 40 valence electrons. The van der Waals surface area contributed by atoms with Gasteiger partial charge in [0.25, 0.3) is 0 Å². The van der Waals surface area contributed by atoms with Crippen molar-refractivity contribution in [2.24, 2.45) is 0 Å². The van der Waals surface area contributed by atoms with E-state index in [1.807, 2.05) is 0 Å². The minimum absolute atomic E-state index is 1.08. The van der Waals surface area contributed by atoms with Crippen LogP contribution in [0.3, 0.4) is 0 Å². The molecule has 0 nitrogen and oxygen atoms in total. The van der Waals surface area contributed by atoms with Gasteiger partial charge in [-0.05, 0) is 0 Å².